The number of aliphatic hydroxyl groups excluding tert-OH is 1. The van der Waals surface area contributed by atoms with Crippen molar-refractivity contribution in [2.24, 2.45) is 5.92 Å². The minimum absolute atomic E-state index is 0.0535. The number of carbonyl (C=O) groups is 2. The molecule has 0 aromatic heterocycles. The molecule has 1 amide bonds. The topological polar surface area (TPSA) is 76.1 Å². The normalized spacial score (nSPS) is 20.3. The third-order valence-corrected chi connectivity index (χ3v) is 6.67. The van der Waals surface area contributed by atoms with E-state index >= 15 is 0 Å². The van der Waals surface area contributed by atoms with E-state index in [2.05, 4.69) is 13.8 Å². The van der Waals surface area contributed by atoms with E-state index in [0.717, 1.165) is 28.9 Å². The first-order chi connectivity index (χ1) is 17.7. The van der Waals surface area contributed by atoms with Crippen LogP contribution < -0.4 is 14.4 Å². The molecule has 37 heavy (non-hydrogen) atoms. The average molecular weight is 498 g/mol. The van der Waals surface area contributed by atoms with Crippen LogP contribution in [0.5, 0.6) is 11.5 Å². The highest BCUT2D eigenvalue weighted by molar-refractivity contribution is 6.51. The summed E-state index contributed by atoms with van der Waals surface area (Å²) in [5, 5.41) is 11.5. The van der Waals surface area contributed by atoms with E-state index in [1.807, 2.05) is 50.2 Å². The molecule has 1 N–H and O–H groups in total. The Bertz CT molecular complexity index is 1390. The quantitative estimate of drug-likeness (QED) is 0.258. The Morgan fingerprint density at radius 1 is 1.08 bits per heavy atom. The minimum Gasteiger partial charge on any atom is -0.507 e. The molecule has 0 aliphatic carbocycles. The monoisotopic (exact) mass is 497 g/mol. The van der Waals surface area contributed by atoms with Crippen molar-refractivity contribution in [2.45, 2.75) is 46.3 Å². The second kappa shape index (κ2) is 9.77. The molecule has 6 nitrogen and oxygen atoms in total. The van der Waals surface area contributed by atoms with Crippen LogP contribution in [0.3, 0.4) is 0 Å². The largest absolute Gasteiger partial charge is 0.507 e. The van der Waals surface area contributed by atoms with Gasteiger partial charge in [-0.1, -0.05) is 43.7 Å². The van der Waals surface area contributed by atoms with Crippen molar-refractivity contribution in [3.05, 3.63) is 94.6 Å². The van der Waals surface area contributed by atoms with Gasteiger partial charge in [-0.2, -0.15) is 0 Å². The van der Waals surface area contributed by atoms with E-state index in [-0.39, 0.29) is 17.4 Å². The van der Waals surface area contributed by atoms with Gasteiger partial charge in [0, 0.05) is 17.7 Å². The zero-order valence-electron chi connectivity index (χ0n) is 21.5. The molecular formula is C31H31NO5. The molecule has 2 aliphatic rings. The van der Waals surface area contributed by atoms with Crippen LogP contribution in [0.25, 0.3) is 5.76 Å². The number of hydrogen-bond acceptors (Lipinski definition) is 5. The molecule has 6 heteroatoms. The van der Waals surface area contributed by atoms with Gasteiger partial charge in [0.05, 0.1) is 18.2 Å². The van der Waals surface area contributed by atoms with Crippen LogP contribution in [0.2, 0.25) is 0 Å². The number of aryl methyl sites for hydroxylation is 1. The Balaban J connectivity index is 1.60. The lowest BCUT2D eigenvalue weighted by Gasteiger charge is -2.26. The first-order valence-electron chi connectivity index (χ1n) is 12.6. The van der Waals surface area contributed by atoms with Gasteiger partial charge in [0.25, 0.3) is 11.7 Å². The number of benzene rings is 3. The van der Waals surface area contributed by atoms with Crippen LogP contribution in [0.4, 0.5) is 5.69 Å². The molecule has 0 bridgehead atoms. The van der Waals surface area contributed by atoms with Crippen molar-refractivity contribution in [2.75, 3.05) is 11.5 Å². The lowest BCUT2D eigenvalue weighted by molar-refractivity contribution is -0.132. The molecule has 190 valence electrons. The van der Waals surface area contributed by atoms with Crippen molar-refractivity contribution in [3.63, 3.8) is 0 Å². The number of rotatable bonds is 6. The summed E-state index contributed by atoms with van der Waals surface area (Å²) < 4.78 is 11.6. The van der Waals surface area contributed by atoms with Gasteiger partial charge in [-0.25, -0.2) is 0 Å². The molecule has 1 saturated heterocycles. The molecule has 5 rings (SSSR count). The Labute approximate surface area is 217 Å². The smallest absolute Gasteiger partial charge is 0.300 e. The van der Waals surface area contributed by atoms with E-state index in [1.165, 1.54) is 4.90 Å². The maximum atomic E-state index is 13.4. The second-order valence-corrected chi connectivity index (χ2v) is 10.2. The van der Waals surface area contributed by atoms with Crippen molar-refractivity contribution in [1.82, 2.24) is 0 Å². The summed E-state index contributed by atoms with van der Waals surface area (Å²) >= 11 is 0. The van der Waals surface area contributed by atoms with Crippen molar-refractivity contribution in [1.29, 1.82) is 0 Å². The highest BCUT2D eigenvalue weighted by atomic mass is 16.5. The van der Waals surface area contributed by atoms with Crippen molar-refractivity contribution >= 4 is 23.1 Å². The van der Waals surface area contributed by atoms with Gasteiger partial charge in [0.1, 0.15) is 23.4 Å². The molecule has 2 heterocycles. The number of carbonyl (C=O) groups excluding carboxylic acids is 2. The number of fused-ring (bicyclic) bond motifs is 1. The van der Waals surface area contributed by atoms with Gasteiger partial charge in [-0.05, 0) is 73.4 Å². The third-order valence-electron chi connectivity index (χ3n) is 6.67. The number of nitrogens with zero attached hydrogens (tertiary/aromatic N) is 1. The van der Waals surface area contributed by atoms with Crippen LogP contribution in [0, 0.1) is 12.8 Å². The van der Waals surface area contributed by atoms with Gasteiger partial charge < -0.3 is 14.6 Å². The molecular weight excluding hydrogens is 466 g/mol. The maximum absolute atomic E-state index is 13.4. The lowest BCUT2D eigenvalue weighted by Crippen LogP contribution is -2.29. The Morgan fingerprint density at radius 3 is 2.54 bits per heavy atom. The predicted molar refractivity (Wildman–Crippen MR) is 143 cm³/mol. The first-order valence-corrected chi connectivity index (χ1v) is 12.6. The molecule has 1 fully saturated rings. The van der Waals surface area contributed by atoms with Crippen molar-refractivity contribution < 1.29 is 24.2 Å². The summed E-state index contributed by atoms with van der Waals surface area (Å²) in [4.78, 5) is 28.3. The minimum atomic E-state index is -0.772. The fraction of sp³-hybridized carbons (Fsp3) is 0.290. The number of Topliss-reactive ketones (excluding diaryl/α,β-unsaturated/α-hetero) is 1. The number of ether oxygens (including phenoxy) is 2. The fourth-order valence-electron chi connectivity index (χ4n) is 4.95. The van der Waals surface area contributed by atoms with E-state index in [9.17, 15) is 14.7 Å². The molecule has 0 spiro atoms. The average Bonchev–Trinajstić information content (AvgIpc) is 3.38. The summed E-state index contributed by atoms with van der Waals surface area (Å²) in [6.07, 6.45) is 0.773. The Hall–Kier alpha value is -4.06. The first kappa shape index (κ1) is 24.6. The number of anilines is 1. The van der Waals surface area contributed by atoms with Crippen LogP contribution in [0.1, 0.15) is 49.1 Å². The fourth-order valence-corrected chi connectivity index (χ4v) is 4.95. The van der Waals surface area contributed by atoms with Crippen molar-refractivity contribution in [3.8, 4) is 11.5 Å². The van der Waals surface area contributed by atoms with Crippen LogP contribution in [-0.4, -0.2) is 29.5 Å². The van der Waals surface area contributed by atoms with E-state index < -0.39 is 17.7 Å². The molecule has 0 saturated carbocycles. The number of hydrogen-bond donors (Lipinski definition) is 1. The summed E-state index contributed by atoms with van der Waals surface area (Å²) in [5.74, 6) is 0.269. The SMILES string of the molecule is Cc1cccc(C2/C(=C(/O)c3ccc4c(c3)CC(C)O4)C(=O)C(=O)N2c2ccc(OCC(C)C)cc2)c1. The van der Waals surface area contributed by atoms with E-state index in [1.54, 1.807) is 30.3 Å². The molecule has 3 aromatic carbocycles. The van der Waals surface area contributed by atoms with Gasteiger partial charge in [-0.3, -0.25) is 14.5 Å². The molecule has 2 aliphatic heterocycles. The molecule has 3 aromatic rings. The summed E-state index contributed by atoms with van der Waals surface area (Å²) in [6, 6.07) is 19.4. The predicted octanol–water partition coefficient (Wildman–Crippen LogP) is 5.98. The third kappa shape index (κ3) is 4.71. The second-order valence-electron chi connectivity index (χ2n) is 10.2. The summed E-state index contributed by atoms with van der Waals surface area (Å²) in [6.45, 7) is 8.67. The zero-order valence-corrected chi connectivity index (χ0v) is 21.5. The highest BCUT2D eigenvalue weighted by Crippen LogP contribution is 2.43. The van der Waals surface area contributed by atoms with Gasteiger partial charge >= 0.3 is 0 Å². The van der Waals surface area contributed by atoms with Crippen LogP contribution in [0.15, 0.2) is 72.3 Å². The number of aliphatic hydroxyl groups is 1. The van der Waals surface area contributed by atoms with Gasteiger partial charge in [-0.15, -0.1) is 0 Å². The molecule has 0 radical (unpaired) electrons. The van der Waals surface area contributed by atoms with Gasteiger partial charge in [0.2, 0.25) is 0 Å². The highest BCUT2D eigenvalue weighted by Gasteiger charge is 2.47. The van der Waals surface area contributed by atoms with Gasteiger partial charge in [0.15, 0.2) is 0 Å². The van der Waals surface area contributed by atoms with Crippen LogP contribution >= 0.6 is 0 Å². The van der Waals surface area contributed by atoms with Crippen LogP contribution in [-0.2, 0) is 16.0 Å². The molecule has 2 unspecified atom stereocenters. The number of amides is 1. The van der Waals surface area contributed by atoms with E-state index in [0.29, 0.717) is 29.5 Å². The maximum Gasteiger partial charge on any atom is 0.300 e. The summed E-state index contributed by atoms with van der Waals surface area (Å²) in [7, 11) is 0. The lowest BCUT2D eigenvalue weighted by atomic mass is 9.93. The van der Waals surface area contributed by atoms with E-state index in [4.69, 9.17) is 9.47 Å². The standard InChI is InChI=1S/C31H31NO5/c1-18(2)17-36-25-11-9-24(10-12-25)32-28(21-7-5-6-19(3)14-21)27(30(34)31(32)35)29(33)22-8-13-26-23(16-22)15-20(4)37-26/h5-14,16,18,20,28,33H,15,17H2,1-4H3/b29-27-. The summed E-state index contributed by atoms with van der Waals surface area (Å²) in [5.41, 5.74) is 3.82. The Morgan fingerprint density at radius 2 is 1.84 bits per heavy atom. The number of ketones is 1. The zero-order chi connectivity index (χ0) is 26.3. The molecule has 2 atom stereocenters. The Kier molecular flexibility index (Phi) is 6.50.